The quantitative estimate of drug-likeness (QED) is 0.688. The van der Waals surface area contributed by atoms with Crippen LogP contribution in [0, 0.1) is 13.8 Å². The number of H-pyrrole nitrogens is 1. The second-order valence-electron chi connectivity index (χ2n) is 5.04. The van der Waals surface area contributed by atoms with E-state index in [-0.39, 0.29) is 0 Å². The van der Waals surface area contributed by atoms with Crippen LogP contribution in [0.25, 0.3) is 22.6 Å². The van der Waals surface area contributed by atoms with E-state index < -0.39 is 0 Å². The molecule has 3 nitrogen and oxygen atoms in total. The van der Waals surface area contributed by atoms with Crippen LogP contribution in [0.5, 0.6) is 0 Å². The number of aromatic nitrogens is 2. The largest absolute Gasteiger partial charge is 0.398 e. The summed E-state index contributed by atoms with van der Waals surface area (Å²) in [7, 11) is 0. The number of nitrogens with zero attached hydrogens (tertiary/aromatic N) is 1. The van der Waals surface area contributed by atoms with E-state index in [9.17, 15) is 0 Å². The van der Waals surface area contributed by atoms with Crippen LogP contribution in [0.15, 0.2) is 48.7 Å². The van der Waals surface area contributed by atoms with Gasteiger partial charge in [-0.25, -0.2) is 4.98 Å². The molecule has 0 atom stereocenters. The van der Waals surface area contributed by atoms with Crippen molar-refractivity contribution in [1.29, 1.82) is 0 Å². The highest BCUT2D eigenvalue weighted by Gasteiger charge is 2.09. The number of aryl methyl sites for hydroxylation is 2. The fraction of sp³-hybridized carbons (Fsp3) is 0.118. The van der Waals surface area contributed by atoms with Crippen molar-refractivity contribution in [1.82, 2.24) is 9.97 Å². The van der Waals surface area contributed by atoms with Crippen LogP contribution in [0.3, 0.4) is 0 Å². The summed E-state index contributed by atoms with van der Waals surface area (Å²) in [6.07, 6.45) is 1.86. The molecule has 0 radical (unpaired) electrons. The highest BCUT2D eigenvalue weighted by Crippen LogP contribution is 2.27. The smallest absolute Gasteiger partial charge is 0.138 e. The Morgan fingerprint density at radius 3 is 2.50 bits per heavy atom. The molecule has 0 aliphatic carbocycles. The Hall–Kier alpha value is -2.55. The van der Waals surface area contributed by atoms with Crippen LogP contribution in [-0.4, -0.2) is 9.97 Å². The zero-order valence-electron chi connectivity index (χ0n) is 11.6. The molecule has 0 spiro atoms. The molecule has 0 saturated heterocycles. The third-order valence-corrected chi connectivity index (χ3v) is 3.53. The maximum Gasteiger partial charge on any atom is 0.138 e. The highest BCUT2D eigenvalue weighted by molar-refractivity contribution is 5.70. The van der Waals surface area contributed by atoms with Crippen LogP contribution in [-0.2, 0) is 0 Å². The molecule has 1 aromatic heterocycles. The second-order valence-corrected chi connectivity index (χ2v) is 5.04. The van der Waals surface area contributed by atoms with E-state index in [4.69, 9.17) is 5.73 Å². The van der Waals surface area contributed by atoms with Gasteiger partial charge in [-0.2, -0.15) is 0 Å². The van der Waals surface area contributed by atoms with Gasteiger partial charge in [0.25, 0.3) is 0 Å². The number of aromatic amines is 1. The van der Waals surface area contributed by atoms with Gasteiger partial charge >= 0.3 is 0 Å². The lowest BCUT2D eigenvalue weighted by atomic mass is 10.0. The maximum absolute atomic E-state index is 6.00. The Kier molecular flexibility index (Phi) is 3.03. The minimum Gasteiger partial charge on any atom is -0.398 e. The predicted octanol–water partition coefficient (Wildman–Crippen LogP) is 3.94. The molecule has 0 unspecified atom stereocenters. The van der Waals surface area contributed by atoms with E-state index in [1.54, 1.807) is 0 Å². The number of benzene rings is 2. The van der Waals surface area contributed by atoms with E-state index in [1.165, 1.54) is 5.56 Å². The molecule has 1 heterocycles. The van der Waals surface area contributed by atoms with E-state index in [0.717, 1.165) is 33.9 Å². The molecule has 3 aromatic rings. The topological polar surface area (TPSA) is 54.7 Å². The van der Waals surface area contributed by atoms with Gasteiger partial charge in [0.2, 0.25) is 0 Å². The molecule has 0 saturated carbocycles. The monoisotopic (exact) mass is 263 g/mol. The lowest BCUT2D eigenvalue weighted by molar-refractivity contribution is 1.27. The summed E-state index contributed by atoms with van der Waals surface area (Å²) in [5.41, 5.74) is 12.3. The maximum atomic E-state index is 6.00. The van der Waals surface area contributed by atoms with Crippen molar-refractivity contribution in [3.63, 3.8) is 0 Å². The minimum atomic E-state index is 0.795. The fourth-order valence-electron chi connectivity index (χ4n) is 2.35. The second kappa shape index (κ2) is 4.85. The van der Waals surface area contributed by atoms with Crippen LogP contribution < -0.4 is 5.73 Å². The predicted molar refractivity (Wildman–Crippen MR) is 83.3 cm³/mol. The number of nitrogen functional groups attached to an aromatic ring is 1. The van der Waals surface area contributed by atoms with Crippen molar-refractivity contribution in [3.8, 4) is 22.6 Å². The third kappa shape index (κ3) is 2.18. The summed E-state index contributed by atoms with van der Waals surface area (Å²) in [5, 5.41) is 0. The summed E-state index contributed by atoms with van der Waals surface area (Å²) < 4.78 is 0. The van der Waals surface area contributed by atoms with Gasteiger partial charge in [0.15, 0.2) is 0 Å². The van der Waals surface area contributed by atoms with Crippen LogP contribution in [0.4, 0.5) is 5.69 Å². The molecule has 0 amide bonds. The molecule has 0 aliphatic heterocycles. The normalized spacial score (nSPS) is 10.7. The van der Waals surface area contributed by atoms with Crippen molar-refractivity contribution in [2.45, 2.75) is 13.8 Å². The number of rotatable bonds is 2. The van der Waals surface area contributed by atoms with Gasteiger partial charge < -0.3 is 10.7 Å². The average Bonchev–Trinajstić information content (AvgIpc) is 2.93. The van der Waals surface area contributed by atoms with Crippen molar-refractivity contribution in [2.24, 2.45) is 0 Å². The molecule has 3 heteroatoms. The molecule has 3 rings (SSSR count). The van der Waals surface area contributed by atoms with Crippen LogP contribution in [0.2, 0.25) is 0 Å². The van der Waals surface area contributed by atoms with Crippen molar-refractivity contribution in [2.75, 3.05) is 5.73 Å². The Bertz CT molecular complexity index is 742. The Morgan fingerprint density at radius 2 is 1.75 bits per heavy atom. The number of nitrogens with two attached hydrogens (primary N) is 1. The Morgan fingerprint density at radius 1 is 1.00 bits per heavy atom. The summed E-state index contributed by atoms with van der Waals surface area (Å²) in [5.74, 6) is 0.855. The lowest BCUT2D eigenvalue weighted by Crippen LogP contribution is -1.94. The summed E-state index contributed by atoms with van der Waals surface area (Å²) >= 11 is 0. The number of hydrogen-bond acceptors (Lipinski definition) is 2. The van der Waals surface area contributed by atoms with Crippen molar-refractivity contribution < 1.29 is 0 Å². The highest BCUT2D eigenvalue weighted by atomic mass is 14.9. The van der Waals surface area contributed by atoms with Gasteiger partial charge in [-0.3, -0.25) is 0 Å². The van der Waals surface area contributed by atoms with Crippen LogP contribution in [0.1, 0.15) is 11.1 Å². The van der Waals surface area contributed by atoms with E-state index in [2.05, 4.69) is 35.1 Å². The summed E-state index contributed by atoms with van der Waals surface area (Å²) in [6.45, 7) is 4.09. The third-order valence-electron chi connectivity index (χ3n) is 3.53. The van der Waals surface area contributed by atoms with Crippen molar-refractivity contribution >= 4 is 5.69 Å². The molecular formula is C17H17N3. The van der Waals surface area contributed by atoms with Gasteiger partial charge in [-0.1, -0.05) is 36.4 Å². The zero-order valence-corrected chi connectivity index (χ0v) is 11.6. The number of imidazole rings is 1. The molecule has 0 bridgehead atoms. The molecule has 3 N–H and O–H groups in total. The van der Waals surface area contributed by atoms with Gasteiger partial charge in [-0.05, 0) is 36.6 Å². The van der Waals surface area contributed by atoms with Gasteiger partial charge in [0.05, 0.1) is 11.9 Å². The standard InChI is InChI=1S/C17H17N3/c1-11-8-12(2)15(18)9-14(11)17-19-10-16(20-17)13-6-4-3-5-7-13/h3-10H,18H2,1-2H3,(H,19,20). The van der Waals surface area contributed by atoms with Gasteiger partial charge in [0, 0.05) is 11.3 Å². The van der Waals surface area contributed by atoms with Crippen molar-refractivity contribution in [3.05, 3.63) is 59.8 Å². The average molecular weight is 263 g/mol. The van der Waals surface area contributed by atoms with E-state index >= 15 is 0 Å². The summed E-state index contributed by atoms with van der Waals surface area (Å²) in [4.78, 5) is 7.85. The van der Waals surface area contributed by atoms with Gasteiger partial charge in [0.1, 0.15) is 5.82 Å². The first-order valence-corrected chi connectivity index (χ1v) is 6.62. The number of hydrogen-bond donors (Lipinski definition) is 2. The van der Waals surface area contributed by atoms with E-state index in [0.29, 0.717) is 0 Å². The van der Waals surface area contributed by atoms with E-state index in [1.807, 2.05) is 37.4 Å². The SMILES string of the molecule is Cc1cc(C)c(-c2ncc(-c3ccccc3)[nH]2)cc1N. The Balaban J connectivity index is 2.05. The first-order valence-electron chi connectivity index (χ1n) is 6.62. The fourth-order valence-corrected chi connectivity index (χ4v) is 2.35. The molecule has 100 valence electrons. The first kappa shape index (κ1) is 12.5. The molecule has 0 aliphatic rings. The molecule has 2 aromatic carbocycles. The Labute approximate surface area is 118 Å². The zero-order chi connectivity index (χ0) is 14.1. The van der Waals surface area contributed by atoms with Gasteiger partial charge in [-0.15, -0.1) is 0 Å². The first-order chi connectivity index (χ1) is 9.65. The number of anilines is 1. The molecule has 0 fully saturated rings. The van der Waals surface area contributed by atoms with Crippen LogP contribution >= 0.6 is 0 Å². The summed E-state index contributed by atoms with van der Waals surface area (Å²) in [6, 6.07) is 14.2. The molecular weight excluding hydrogens is 246 g/mol. The minimum absolute atomic E-state index is 0.795. The number of nitrogens with one attached hydrogen (secondary N) is 1. The lowest BCUT2D eigenvalue weighted by Gasteiger charge is -2.07. The molecule has 20 heavy (non-hydrogen) atoms.